The second-order valence-corrected chi connectivity index (χ2v) is 5.81. The summed E-state index contributed by atoms with van der Waals surface area (Å²) in [5.41, 5.74) is 0.895. The largest absolute Gasteiger partial charge is 0.455 e. The van der Waals surface area contributed by atoms with Crippen molar-refractivity contribution in [3.8, 4) is 6.07 Å². The number of carbonyl (C=O) groups excluding carboxylic acids is 2. The van der Waals surface area contributed by atoms with Gasteiger partial charge in [-0.25, -0.2) is 0 Å². The lowest BCUT2D eigenvalue weighted by molar-refractivity contribution is -0.152. The van der Waals surface area contributed by atoms with Crippen LogP contribution < -0.4 is 5.32 Å². The molecule has 0 heterocycles. The van der Waals surface area contributed by atoms with E-state index in [9.17, 15) is 9.59 Å². The van der Waals surface area contributed by atoms with E-state index >= 15 is 0 Å². The van der Waals surface area contributed by atoms with E-state index in [1.54, 1.807) is 38.1 Å². The molecule has 0 radical (unpaired) electrons. The minimum atomic E-state index is -0.845. The zero-order valence-electron chi connectivity index (χ0n) is 13.6. The maximum Gasteiger partial charge on any atom is 0.316 e. The van der Waals surface area contributed by atoms with Crippen molar-refractivity contribution in [3.63, 3.8) is 0 Å². The van der Waals surface area contributed by atoms with Crippen LogP contribution in [0.5, 0.6) is 0 Å². The number of anilines is 1. The summed E-state index contributed by atoms with van der Waals surface area (Å²) in [4.78, 5) is 24.2. The fourth-order valence-electron chi connectivity index (χ4n) is 2.15. The Morgan fingerprint density at radius 3 is 2.50 bits per heavy atom. The van der Waals surface area contributed by atoms with Gasteiger partial charge in [-0.05, 0) is 37.6 Å². The highest BCUT2D eigenvalue weighted by atomic mass is 16.5. The number of hydrogen-bond donors (Lipinski definition) is 1. The summed E-state index contributed by atoms with van der Waals surface area (Å²) in [6.07, 6.45) is 0. The minimum absolute atomic E-state index is 0.383. The van der Waals surface area contributed by atoms with Crippen LogP contribution >= 0.6 is 0 Å². The molecule has 5 heteroatoms. The van der Waals surface area contributed by atoms with Gasteiger partial charge in [0.05, 0.1) is 17.0 Å². The van der Waals surface area contributed by atoms with Crippen LogP contribution in [0, 0.1) is 11.3 Å². The van der Waals surface area contributed by atoms with Crippen molar-refractivity contribution in [1.29, 1.82) is 5.26 Å². The summed E-state index contributed by atoms with van der Waals surface area (Å²) in [6, 6.07) is 17.8. The molecule has 0 aliphatic carbocycles. The molecule has 0 aliphatic heterocycles. The fraction of sp³-hybridized carbons (Fsp3) is 0.211. The Morgan fingerprint density at radius 1 is 1.12 bits per heavy atom. The Hall–Kier alpha value is -3.13. The fourth-order valence-corrected chi connectivity index (χ4v) is 2.15. The first-order valence-corrected chi connectivity index (χ1v) is 7.46. The van der Waals surface area contributed by atoms with Gasteiger partial charge in [-0.1, -0.05) is 36.4 Å². The molecule has 0 aliphatic rings. The van der Waals surface area contributed by atoms with Crippen LogP contribution in [-0.4, -0.2) is 18.5 Å². The summed E-state index contributed by atoms with van der Waals surface area (Å²) in [7, 11) is 0. The van der Waals surface area contributed by atoms with Crippen LogP contribution in [0.2, 0.25) is 0 Å². The molecule has 2 rings (SSSR count). The smallest absolute Gasteiger partial charge is 0.316 e. The van der Waals surface area contributed by atoms with Crippen molar-refractivity contribution in [2.75, 3.05) is 11.9 Å². The molecule has 0 saturated carbocycles. The zero-order valence-corrected chi connectivity index (χ0v) is 13.6. The molecule has 5 nitrogen and oxygen atoms in total. The van der Waals surface area contributed by atoms with Gasteiger partial charge >= 0.3 is 5.97 Å². The van der Waals surface area contributed by atoms with Crippen LogP contribution in [0.1, 0.15) is 25.0 Å². The number of nitriles is 1. The van der Waals surface area contributed by atoms with Crippen LogP contribution in [0.25, 0.3) is 0 Å². The summed E-state index contributed by atoms with van der Waals surface area (Å²) in [5, 5.41) is 11.4. The molecule has 0 bridgehead atoms. The first-order chi connectivity index (χ1) is 11.4. The van der Waals surface area contributed by atoms with Gasteiger partial charge in [0, 0.05) is 5.69 Å². The maximum absolute atomic E-state index is 12.3. The predicted octanol–water partition coefficient (Wildman–Crippen LogP) is 3.02. The van der Waals surface area contributed by atoms with Crippen molar-refractivity contribution in [3.05, 3.63) is 65.7 Å². The van der Waals surface area contributed by atoms with E-state index in [0.717, 1.165) is 5.56 Å². The summed E-state index contributed by atoms with van der Waals surface area (Å²) in [5.74, 6) is -0.933. The van der Waals surface area contributed by atoms with Gasteiger partial charge in [-0.2, -0.15) is 5.26 Å². The Labute approximate surface area is 140 Å². The van der Waals surface area contributed by atoms with Gasteiger partial charge in [-0.15, -0.1) is 0 Å². The van der Waals surface area contributed by atoms with Crippen molar-refractivity contribution in [1.82, 2.24) is 0 Å². The van der Waals surface area contributed by atoms with Crippen LogP contribution in [-0.2, 0) is 19.7 Å². The molecule has 1 N–H and O–H groups in total. The molecular formula is C19H18N2O3. The Balaban J connectivity index is 1.94. The lowest BCUT2D eigenvalue weighted by Gasteiger charge is -2.22. The van der Waals surface area contributed by atoms with E-state index in [1.807, 2.05) is 36.4 Å². The molecule has 0 fully saturated rings. The van der Waals surface area contributed by atoms with Crippen LogP contribution in [0.15, 0.2) is 54.6 Å². The highest BCUT2D eigenvalue weighted by Gasteiger charge is 2.31. The van der Waals surface area contributed by atoms with Gasteiger partial charge < -0.3 is 10.1 Å². The number of carbonyl (C=O) groups is 2. The number of benzene rings is 2. The molecule has 0 spiro atoms. The normalized spacial score (nSPS) is 10.5. The molecule has 122 valence electrons. The van der Waals surface area contributed by atoms with Crippen LogP contribution in [0.3, 0.4) is 0 Å². The van der Waals surface area contributed by atoms with Gasteiger partial charge in [0.1, 0.15) is 0 Å². The number of nitrogens with zero attached hydrogens (tertiary/aromatic N) is 1. The lowest BCUT2D eigenvalue weighted by Crippen LogP contribution is -2.33. The van der Waals surface area contributed by atoms with E-state index in [-0.39, 0.29) is 6.61 Å². The molecule has 0 atom stereocenters. The Bertz CT molecular complexity index is 777. The maximum atomic E-state index is 12.3. The molecular weight excluding hydrogens is 304 g/mol. The van der Waals surface area contributed by atoms with Crippen molar-refractivity contribution < 1.29 is 14.3 Å². The summed E-state index contributed by atoms with van der Waals surface area (Å²) >= 11 is 0. The highest BCUT2D eigenvalue weighted by molar-refractivity contribution is 5.93. The number of ether oxygens (including phenoxy) is 1. The van der Waals surface area contributed by atoms with Gasteiger partial charge in [0.25, 0.3) is 5.91 Å². The van der Waals surface area contributed by atoms with Crippen LogP contribution in [0.4, 0.5) is 5.69 Å². The third kappa shape index (κ3) is 4.20. The van der Waals surface area contributed by atoms with Gasteiger partial charge in [-0.3, -0.25) is 9.59 Å². The standard InChI is InChI=1S/C19H18N2O3/c1-19(2,15-8-4-3-5-9-15)18(23)24-13-17(22)21-16-10-6-7-14(11-16)12-20/h3-11H,13H2,1-2H3,(H,21,22). The van der Waals surface area contributed by atoms with E-state index in [2.05, 4.69) is 5.32 Å². The highest BCUT2D eigenvalue weighted by Crippen LogP contribution is 2.24. The zero-order chi connectivity index (χ0) is 17.6. The van der Waals surface area contributed by atoms with E-state index in [1.165, 1.54) is 0 Å². The van der Waals surface area contributed by atoms with Gasteiger partial charge in [0.15, 0.2) is 6.61 Å². The lowest BCUT2D eigenvalue weighted by atomic mass is 9.85. The monoisotopic (exact) mass is 322 g/mol. The topological polar surface area (TPSA) is 79.2 Å². The third-order valence-electron chi connectivity index (χ3n) is 3.62. The predicted molar refractivity (Wildman–Crippen MR) is 90.2 cm³/mol. The van der Waals surface area contributed by atoms with Gasteiger partial charge in [0.2, 0.25) is 0 Å². The van der Waals surface area contributed by atoms with Crippen molar-refractivity contribution >= 4 is 17.6 Å². The van der Waals surface area contributed by atoms with Crippen molar-refractivity contribution in [2.24, 2.45) is 0 Å². The first kappa shape index (κ1) is 17.2. The summed E-state index contributed by atoms with van der Waals surface area (Å²) in [6.45, 7) is 3.11. The average molecular weight is 322 g/mol. The number of nitrogens with one attached hydrogen (secondary N) is 1. The van der Waals surface area contributed by atoms with Crippen molar-refractivity contribution in [2.45, 2.75) is 19.3 Å². The van der Waals surface area contributed by atoms with E-state index in [4.69, 9.17) is 10.00 Å². The molecule has 0 unspecified atom stereocenters. The third-order valence-corrected chi connectivity index (χ3v) is 3.62. The molecule has 2 aromatic carbocycles. The molecule has 0 saturated heterocycles. The average Bonchev–Trinajstić information content (AvgIpc) is 2.60. The SMILES string of the molecule is CC(C)(C(=O)OCC(=O)Nc1cccc(C#N)c1)c1ccccc1. The Morgan fingerprint density at radius 2 is 1.83 bits per heavy atom. The molecule has 2 aromatic rings. The minimum Gasteiger partial charge on any atom is -0.455 e. The first-order valence-electron chi connectivity index (χ1n) is 7.46. The van der Waals surface area contributed by atoms with E-state index in [0.29, 0.717) is 11.3 Å². The number of esters is 1. The number of hydrogen-bond acceptors (Lipinski definition) is 4. The second-order valence-electron chi connectivity index (χ2n) is 5.81. The number of amides is 1. The van der Waals surface area contributed by atoms with E-state index < -0.39 is 17.3 Å². The second kappa shape index (κ2) is 7.42. The Kier molecular flexibility index (Phi) is 5.33. The number of rotatable bonds is 5. The molecule has 24 heavy (non-hydrogen) atoms. The quantitative estimate of drug-likeness (QED) is 0.858. The molecule has 0 aromatic heterocycles. The summed E-state index contributed by atoms with van der Waals surface area (Å²) < 4.78 is 5.14. The molecule has 1 amide bonds.